The molecule has 1 aliphatic heterocycles. The van der Waals surface area contributed by atoms with Crippen molar-refractivity contribution in [3.05, 3.63) is 52.4 Å². The van der Waals surface area contributed by atoms with Gasteiger partial charge in [0.05, 0.1) is 19.3 Å². The van der Waals surface area contributed by atoms with Gasteiger partial charge in [-0.15, -0.1) is 0 Å². The monoisotopic (exact) mass is 406 g/mol. The number of morpholine rings is 1. The van der Waals surface area contributed by atoms with Gasteiger partial charge in [-0.3, -0.25) is 9.69 Å². The Morgan fingerprint density at radius 2 is 2.00 bits per heavy atom. The van der Waals surface area contributed by atoms with Crippen LogP contribution in [0.25, 0.3) is 0 Å². The predicted octanol–water partition coefficient (Wildman–Crippen LogP) is 3.51. The first-order valence-corrected chi connectivity index (χ1v) is 9.90. The number of furan rings is 1. The third kappa shape index (κ3) is 5.28. The van der Waals surface area contributed by atoms with Gasteiger partial charge in [-0.25, -0.2) is 0 Å². The van der Waals surface area contributed by atoms with Gasteiger partial charge in [0, 0.05) is 24.7 Å². The van der Waals surface area contributed by atoms with E-state index in [1.165, 1.54) is 0 Å². The highest BCUT2D eigenvalue weighted by molar-refractivity contribution is 6.30. The number of ether oxygens (including phenoxy) is 2. The van der Waals surface area contributed by atoms with Crippen LogP contribution >= 0.6 is 11.6 Å². The number of nitrogens with zero attached hydrogens (tertiary/aromatic N) is 1. The maximum atomic E-state index is 12.6. The Morgan fingerprint density at radius 1 is 1.25 bits per heavy atom. The Hall–Kier alpha value is -2.02. The molecule has 1 aliphatic rings. The Balaban J connectivity index is 1.62. The molecule has 7 heteroatoms. The molecule has 0 spiro atoms. The normalized spacial score (nSPS) is 17.1. The summed E-state index contributed by atoms with van der Waals surface area (Å²) in [6, 6.07) is 9.23. The molecular formula is C21H27ClN2O4. The number of amides is 1. The Kier molecular flexibility index (Phi) is 6.99. The molecule has 2 atom stereocenters. The molecular weight excluding hydrogens is 380 g/mol. The topological polar surface area (TPSA) is 63.9 Å². The molecule has 1 N–H and O–H groups in total. The zero-order valence-electron chi connectivity index (χ0n) is 16.5. The molecule has 1 aromatic carbocycles. The number of carbonyl (C=O) groups is 1. The number of carbonyl (C=O) groups excluding carboxylic acids is 1. The van der Waals surface area contributed by atoms with Crippen LogP contribution in [0.4, 0.5) is 0 Å². The lowest BCUT2D eigenvalue weighted by Crippen LogP contribution is -2.45. The van der Waals surface area contributed by atoms with Gasteiger partial charge < -0.3 is 19.2 Å². The van der Waals surface area contributed by atoms with E-state index < -0.39 is 6.10 Å². The number of hydrogen-bond donors (Lipinski definition) is 1. The third-order valence-electron chi connectivity index (χ3n) is 4.86. The first-order valence-electron chi connectivity index (χ1n) is 9.52. The molecule has 1 amide bonds. The van der Waals surface area contributed by atoms with Crippen molar-refractivity contribution in [3.63, 3.8) is 0 Å². The van der Waals surface area contributed by atoms with Crippen molar-refractivity contribution in [1.82, 2.24) is 10.2 Å². The maximum Gasteiger partial charge on any atom is 0.260 e. The quantitative estimate of drug-likeness (QED) is 0.762. The Bertz CT molecular complexity index is 801. The van der Waals surface area contributed by atoms with Crippen molar-refractivity contribution in [2.75, 3.05) is 32.8 Å². The van der Waals surface area contributed by atoms with Crippen LogP contribution in [0.5, 0.6) is 5.75 Å². The highest BCUT2D eigenvalue weighted by Gasteiger charge is 2.26. The van der Waals surface area contributed by atoms with Gasteiger partial charge >= 0.3 is 0 Å². The molecule has 1 aromatic heterocycles. The average molecular weight is 407 g/mol. The van der Waals surface area contributed by atoms with Gasteiger partial charge in [-0.2, -0.15) is 0 Å². The molecule has 2 unspecified atom stereocenters. The summed E-state index contributed by atoms with van der Waals surface area (Å²) in [5, 5.41) is 3.65. The fourth-order valence-electron chi connectivity index (χ4n) is 3.26. The fourth-order valence-corrected chi connectivity index (χ4v) is 3.49. The number of nitrogens with one attached hydrogen (secondary N) is 1. The lowest BCUT2D eigenvalue weighted by Gasteiger charge is -2.33. The SMILES string of the molecule is Cc1ccc(C(CNC(=O)C(C)Oc2ccc(Cl)cc2C)N2CCOCC2)o1. The van der Waals surface area contributed by atoms with Gasteiger partial charge in [0.15, 0.2) is 6.10 Å². The fraction of sp³-hybridized carbons (Fsp3) is 0.476. The highest BCUT2D eigenvalue weighted by atomic mass is 35.5. The van der Waals surface area contributed by atoms with Gasteiger partial charge in [0.1, 0.15) is 17.3 Å². The van der Waals surface area contributed by atoms with E-state index in [1.807, 2.05) is 32.0 Å². The van der Waals surface area contributed by atoms with E-state index in [-0.39, 0.29) is 11.9 Å². The van der Waals surface area contributed by atoms with E-state index in [4.69, 9.17) is 25.5 Å². The van der Waals surface area contributed by atoms with Crippen LogP contribution in [0, 0.1) is 13.8 Å². The molecule has 0 radical (unpaired) electrons. The van der Waals surface area contributed by atoms with Crippen LogP contribution in [0.1, 0.15) is 30.0 Å². The second-order valence-corrected chi connectivity index (χ2v) is 7.46. The van der Waals surface area contributed by atoms with E-state index in [0.29, 0.717) is 30.5 Å². The summed E-state index contributed by atoms with van der Waals surface area (Å²) in [6.45, 7) is 8.97. The van der Waals surface area contributed by atoms with Crippen molar-refractivity contribution in [3.8, 4) is 5.75 Å². The number of hydrogen-bond acceptors (Lipinski definition) is 5. The second kappa shape index (κ2) is 9.45. The van der Waals surface area contributed by atoms with Gasteiger partial charge in [0.25, 0.3) is 5.91 Å². The molecule has 0 bridgehead atoms. The molecule has 28 heavy (non-hydrogen) atoms. The first-order chi connectivity index (χ1) is 13.4. The summed E-state index contributed by atoms with van der Waals surface area (Å²) in [7, 11) is 0. The molecule has 152 valence electrons. The van der Waals surface area contributed by atoms with Gasteiger partial charge in [-0.1, -0.05) is 11.6 Å². The standard InChI is InChI=1S/C21H27ClN2O4/c1-14-12-17(22)5-7-19(14)28-16(3)21(25)23-13-18(20-6-4-15(2)27-20)24-8-10-26-11-9-24/h4-7,12,16,18H,8-11,13H2,1-3H3,(H,23,25). The second-order valence-electron chi connectivity index (χ2n) is 7.03. The smallest absolute Gasteiger partial charge is 0.260 e. The summed E-state index contributed by atoms with van der Waals surface area (Å²) >= 11 is 5.98. The lowest BCUT2D eigenvalue weighted by molar-refractivity contribution is -0.127. The van der Waals surface area contributed by atoms with Crippen LogP contribution in [0.2, 0.25) is 5.02 Å². The molecule has 1 fully saturated rings. The summed E-state index contributed by atoms with van der Waals surface area (Å²) in [5.74, 6) is 2.19. The minimum Gasteiger partial charge on any atom is -0.481 e. The van der Waals surface area contributed by atoms with E-state index in [9.17, 15) is 4.79 Å². The number of halogens is 1. The van der Waals surface area contributed by atoms with Crippen molar-refractivity contribution in [2.45, 2.75) is 32.9 Å². The van der Waals surface area contributed by atoms with Crippen molar-refractivity contribution in [2.24, 2.45) is 0 Å². The molecule has 1 saturated heterocycles. The van der Waals surface area contributed by atoms with Gasteiger partial charge in [-0.05, 0) is 56.7 Å². The molecule has 0 aliphatic carbocycles. The molecule has 2 aromatic rings. The average Bonchev–Trinajstić information content (AvgIpc) is 3.11. The van der Waals surface area contributed by atoms with E-state index >= 15 is 0 Å². The third-order valence-corrected chi connectivity index (χ3v) is 5.09. The zero-order valence-corrected chi connectivity index (χ0v) is 17.3. The maximum absolute atomic E-state index is 12.6. The van der Waals surface area contributed by atoms with E-state index in [1.54, 1.807) is 19.1 Å². The Morgan fingerprint density at radius 3 is 2.64 bits per heavy atom. The van der Waals surface area contributed by atoms with Crippen LogP contribution in [-0.4, -0.2) is 49.8 Å². The highest BCUT2D eigenvalue weighted by Crippen LogP contribution is 2.24. The minimum absolute atomic E-state index is 0.0361. The van der Waals surface area contributed by atoms with Crippen molar-refractivity contribution < 1.29 is 18.7 Å². The summed E-state index contributed by atoms with van der Waals surface area (Å²) in [4.78, 5) is 14.9. The summed E-state index contributed by atoms with van der Waals surface area (Å²) in [5.41, 5.74) is 0.893. The van der Waals surface area contributed by atoms with Gasteiger partial charge in [0.2, 0.25) is 0 Å². The molecule has 0 saturated carbocycles. The van der Waals surface area contributed by atoms with Crippen LogP contribution in [0.3, 0.4) is 0 Å². The predicted molar refractivity (Wildman–Crippen MR) is 108 cm³/mol. The van der Waals surface area contributed by atoms with Crippen molar-refractivity contribution in [1.29, 1.82) is 0 Å². The minimum atomic E-state index is -0.622. The first kappa shape index (κ1) is 20.7. The van der Waals surface area contributed by atoms with Crippen LogP contribution in [-0.2, 0) is 9.53 Å². The number of rotatable bonds is 7. The Labute approximate surface area is 170 Å². The zero-order chi connectivity index (χ0) is 20.1. The number of benzene rings is 1. The molecule has 2 heterocycles. The lowest BCUT2D eigenvalue weighted by atomic mass is 10.1. The molecule has 6 nitrogen and oxygen atoms in total. The molecule has 3 rings (SSSR count). The summed E-state index contributed by atoms with van der Waals surface area (Å²) in [6.07, 6.45) is -0.622. The van der Waals surface area contributed by atoms with Crippen molar-refractivity contribution >= 4 is 17.5 Å². The van der Waals surface area contributed by atoms with Crippen LogP contribution in [0.15, 0.2) is 34.7 Å². The summed E-state index contributed by atoms with van der Waals surface area (Å²) < 4.78 is 17.1. The van der Waals surface area contributed by atoms with E-state index in [0.717, 1.165) is 30.2 Å². The largest absolute Gasteiger partial charge is 0.481 e. The number of aryl methyl sites for hydroxylation is 2. The van der Waals surface area contributed by atoms with Crippen LogP contribution < -0.4 is 10.1 Å². The van der Waals surface area contributed by atoms with E-state index in [2.05, 4.69) is 10.2 Å².